The van der Waals surface area contributed by atoms with Gasteiger partial charge < -0.3 is 20.7 Å². The third kappa shape index (κ3) is 5.98. The number of hydrogen-bond donors (Lipinski definition) is 2. The predicted molar refractivity (Wildman–Crippen MR) is 146 cm³/mol. The molecule has 0 aliphatic carbocycles. The Labute approximate surface area is 217 Å². The maximum atomic E-state index is 12.7. The normalized spacial score (nSPS) is 14.8. The van der Waals surface area contributed by atoms with E-state index in [2.05, 4.69) is 37.3 Å². The van der Waals surface area contributed by atoms with Crippen LogP contribution in [0, 0.1) is 6.92 Å². The summed E-state index contributed by atoms with van der Waals surface area (Å²) in [6.45, 7) is 7.84. The molecule has 4 aromatic rings. The third-order valence-corrected chi connectivity index (χ3v) is 7.85. The fraction of sp³-hybridized carbons (Fsp3) is 0.360. The Kier molecular flexibility index (Phi) is 7.42. The van der Waals surface area contributed by atoms with Crippen LogP contribution < -0.4 is 15.8 Å². The number of fused-ring (bicyclic) bond motifs is 1. The molecule has 9 nitrogen and oxygen atoms in total. The minimum absolute atomic E-state index is 0.151. The van der Waals surface area contributed by atoms with Gasteiger partial charge in [0, 0.05) is 32.7 Å². The van der Waals surface area contributed by atoms with E-state index in [1.165, 1.54) is 22.7 Å². The van der Waals surface area contributed by atoms with E-state index in [4.69, 9.17) is 10.5 Å². The quantitative estimate of drug-likeness (QED) is 0.361. The third-order valence-electron chi connectivity index (χ3n) is 6.13. The number of nitrogens with two attached hydrogens (primary N) is 1. The van der Waals surface area contributed by atoms with E-state index in [-0.39, 0.29) is 12.3 Å². The largest absolute Gasteiger partial charge is 0.492 e. The number of thiazole rings is 1. The number of carbonyl (C=O) groups is 1. The molecule has 1 fully saturated rings. The number of nitrogen functional groups attached to an aromatic ring is 1. The van der Waals surface area contributed by atoms with Gasteiger partial charge in [-0.25, -0.2) is 4.98 Å². The highest BCUT2D eigenvalue weighted by molar-refractivity contribution is 7.22. The topological polar surface area (TPSA) is 110 Å². The average Bonchev–Trinajstić information content (AvgIpc) is 3.45. The number of amides is 1. The van der Waals surface area contributed by atoms with E-state index in [1.807, 2.05) is 43.3 Å². The maximum Gasteiger partial charge on any atom is 0.230 e. The van der Waals surface area contributed by atoms with Gasteiger partial charge in [0.2, 0.25) is 11.0 Å². The molecule has 36 heavy (non-hydrogen) atoms. The fourth-order valence-electron chi connectivity index (χ4n) is 4.11. The molecule has 0 saturated carbocycles. The zero-order valence-corrected chi connectivity index (χ0v) is 22.0. The van der Waals surface area contributed by atoms with Crippen molar-refractivity contribution in [1.29, 1.82) is 0 Å². The first-order chi connectivity index (χ1) is 17.4. The maximum absolute atomic E-state index is 12.7. The number of benzene rings is 2. The predicted octanol–water partition coefficient (Wildman–Crippen LogP) is 3.51. The minimum atomic E-state index is -0.151. The summed E-state index contributed by atoms with van der Waals surface area (Å²) in [5, 5.41) is 13.1. The number of anilines is 2. The first kappa shape index (κ1) is 24.6. The van der Waals surface area contributed by atoms with Crippen molar-refractivity contribution in [3.8, 4) is 16.3 Å². The van der Waals surface area contributed by atoms with Gasteiger partial charge in [0.1, 0.15) is 12.4 Å². The van der Waals surface area contributed by atoms with Gasteiger partial charge >= 0.3 is 0 Å². The lowest BCUT2D eigenvalue weighted by Gasteiger charge is -2.32. The number of nitrogens with zero attached hydrogens (tertiary/aromatic N) is 5. The van der Waals surface area contributed by atoms with E-state index in [0.29, 0.717) is 21.9 Å². The van der Waals surface area contributed by atoms with Gasteiger partial charge in [-0.2, -0.15) is 0 Å². The SMILES string of the molecule is Cc1ccc(-c2nnc(NC(=O)Cc3ccc4nc(N)sc4c3)s2)c(OCCN2CCN(C)CC2)c1. The van der Waals surface area contributed by atoms with Crippen LogP contribution >= 0.6 is 22.7 Å². The van der Waals surface area contributed by atoms with E-state index in [0.717, 1.165) is 65.4 Å². The van der Waals surface area contributed by atoms with Crippen molar-refractivity contribution in [2.45, 2.75) is 13.3 Å². The van der Waals surface area contributed by atoms with Crippen LogP contribution in [0.1, 0.15) is 11.1 Å². The molecule has 1 aliphatic heterocycles. The van der Waals surface area contributed by atoms with Crippen LogP contribution in [0.3, 0.4) is 0 Å². The van der Waals surface area contributed by atoms with Gasteiger partial charge in [-0.05, 0) is 49.4 Å². The Balaban J connectivity index is 1.21. The number of ether oxygens (including phenoxy) is 1. The number of aromatic nitrogens is 3. The lowest BCUT2D eigenvalue weighted by molar-refractivity contribution is -0.115. The van der Waals surface area contributed by atoms with Crippen LogP contribution in [-0.4, -0.2) is 77.3 Å². The standard InChI is InChI=1S/C25H29N7O2S2/c1-16-3-5-18(20(13-16)34-12-11-32-9-7-31(2)8-10-32)23-29-30-25(36-23)28-22(33)15-17-4-6-19-21(14-17)35-24(26)27-19/h3-6,13-14H,7-12,15H2,1-2H3,(H2,26,27)(H,28,30,33). The Morgan fingerprint density at radius 3 is 2.78 bits per heavy atom. The van der Waals surface area contributed by atoms with Crippen LogP contribution in [-0.2, 0) is 11.2 Å². The number of aryl methyl sites for hydroxylation is 1. The van der Waals surface area contributed by atoms with Crippen molar-refractivity contribution in [1.82, 2.24) is 25.0 Å². The van der Waals surface area contributed by atoms with Gasteiger partial charge in [0.05, 0.1) is 22.2 Å². The molecule has 0 radical (unpaired) electrons. The molecular formula is C25H29N7O2S2. The number of likely N-dealkylation sites (N-methyl/N-ethyl adjacent to an activating group) is 1. The number of carbonyl (C=O) groups excluding carboxylic acids is 1. The molecule has 3 heterocycles. The highest BCUT2D eigenvalue weighted by Crippen LogP contribution is 2.34. The van der Waals surface area contributed by atoms with Crippen molar-refractivity contribution in [3.63, 3.8) is 0 Å². The molecule has 188 valence electrons. The summed E-state index contributed by atoms with van der Waals surface area (Å²) in [6.07, 6.45) is 0.230. The van der Waals surface area contributed by atoms with Gasteiger partial charge in [0.25, 0.3) is 0 Å². The summed E-state index contributed by atoms with van der Waals surface area (Å²) in [5.41, 5.74) is 9.51. The summed E-state index contributed by atoms with van der Waals surface area (Å²) >= 11 is 2.75. The number of hydrogen-bond acceptors (Lipinski definition) is 10. The Morgan fingerprint density at radius 2 is 1.94 bits per heavy atom. The average molecular weight is 524 g/mol. The molecule has 1 saturated heterocycles. The van der Waals surface area contributed by atoms with Crippen LogP contribution in [0.2, 0.25) is 0 Å². The second kappa shape index (κ2) is 10.9. The number of piperazine rings is 1. The van der Waals surface area contributed by atoms with Crippen molar-refractivity contribution in [2.24, 2.45) is 0 Å². The minimum Gasteiger partial charge on any atom is -0.492 e. The number of nitrogens with one attached hydrogen (secondary N) is 1. The molecule has 2 aromatic carbocycles. The van der Waals surface area contributed by atoms with E-state index >= 15 is 0 Å². The highest BCUT2D eigenvalue weighted by atomic mass is 32.1. The Hall–Kier alpha value is -3.12. The smallest absolute Gasteiger partial charge is 0.230 e. The lowest BCUT2D eigenvalue weighted by atomic mass is 10.1. The van der Waals surface area contributed by atoms with Crippen molar-refractivity contribution < 1.29 is 9.53 Å². The molecule has 2 aromatic heterocycles. The molecule has 0 unspecified atom stereocenters. The van der Waals surface area contributed by atoms with E-state index in [9.17, 15) is 4.79 Å². The molecule has 0 atom stereocenters. The van der Waals surface area contributed by atoms with Gasteiger partial charge in [0.15, 0.2) is 10.1 Å². The molecule has 5 rings (SSSR count). The first-order valence-electron chi connectivity index (χ1n) is 11.9. The van der Waals surface area contributed by atoms with E-state index in [1.54, 1.807) is 0 Å². The molecule has 1 amide bonds. The molecule has 3 N–H and O–H groups in total. The fourth-order valence-corrected chi connectivity index (χ4v) is 5.70. The summed E-state index contributed by atoms with van der Waals surface area (Å²) in [7, 11) is 2.16. The zero-order valence-electron chi connectivity index (χ0n) is 20.4. The van der Waals surface area contributed by atoms with Crippen LogP contribution in [0.5, 0.6) is 5.75 Å². The summed E-state index contributed by atoms with van der Waals surface area (Å²) in [4.78, 5) is 21.7. The molecule has 11 heteroatoms. The van der Waals surface area contributed by atoms with Crippen LogP contribution in [0.15, 0.2) is 36.4 Å². The molecular weight excluding hydrogens is 494 g/mol. The van der Waals surface area contributed by atoms with Gasteiger partial charge in [-0.1, -0.05) is 34.8 Å². The molecule has 1 aliphatic rings. The van der Waals surface area contributed by atoms with Crippen molar-refractivity contribution >= 4 is 49.1 Å². The van der Waals surface area contributed by atoms with Crippen molar-refractivity contribution in [3.05, 3.63) is 47.5 Å². The molecule has 0 spiro atoms. The second-order valence-electron chi connectivity index (χ2n) is 8.98. The summed E-state index contributed by atoms with van der Waals surface area (Å²) < 4.78 is 7.16. The first-order valence-corrected chi connectivity index (χ1v) is 13.5. The van der Waals surface area contributed by atoms with Crippen molar-refractivity contribution in [2.75, 3.05) is 57.4 Å². The highest BCUT2D eigenvalue weighted by Gasteiger charge is 2.17. The van der Waals surface area contributed by atoms with E-state index < -0.39 is 0 Å². The second-order valence-corrected chi connectivity index (χ2v) is 11.0. The Bertz CT molecular complexity index is 1360. The van der Waals surface area contributed by atoms with Crippen LogP contribution in [0.25, 0.3) is 20.8 Å². The molecule has 0 bridgehead atoms. The zero-order chi connectivity index (χ0) is 25.1. The summed E-state index contributed by atoms with van der Waals surface area (Å²) in [5.74, 6) is 0.636. The summed E-state index contributed by atoms with van der Waals surface area (Å²) in [6, 6.07) is 11.8. The van der Waals surface area contributed by atoms with Crippen LogP contribution in [0.4, 0.5) is 10.3 Å². The lowest BCUT2D eigenvalue weighted by Crippen LogP contribution is -2.45. The Morgan fingerprint density at radius 1 is 1.11 bits per heavy atom. The van der Waals surface area contributed by atoms with Gasteiger partial charge in [-0.3, -0.25) is 9.69 Å². The monoisotopic (exact) mass is 523 g/mol. The van der Waals surface area contributed by atoms with Gasteiger partial charge in [-0.15, -0.1) is 10.2 Å². The number of rotatable bonds is 8.